The molecular weight excluding hydrogens is 332 g/mol. The lowest BCUT2D eigenvalue weighted by molar-refractivity contribution is -0.114. The molecule has 6 heteroatoms. The lowest BCUT2D eigenvalue weighted by Gasteiger charge is -2.19. The maximum absolute atomic E-state index is 12.1. The molecule has 1 unspecified atom stereocenters. The van der Waals surface area contributed by atoms with Gasteiger partial charge in [0.25, 0.3) is 0 Å². The van der Waals surface area contributed by atoms with E-state index >= 15 is 0 Å². The molecule has 25 heavy (non-hydrogen) atoms. The summed E-state index contributed by atoms with van der Waals surface area (Å²) in [6.07, 6.45) is 5.82. The van der Waals surface area contributed by atoms with Crippen molar-refractivity contribution in [1.29, 1.82) is 5.26 Å². The zero-order valence-corrected chi connectivity index (χ0v) is 15.2. The van der Waals surface area contributed by atoms with Gasteiger partial charge in [0.05, 0.1) is 23.9 Å². The van der Waals surface area contributed by atoms with Crippen molar-refractivity contribution in [2.24, 2.45) is 5.92 Å². The Labute approximate surface area is 152 Å². The van der Waals surface area contributed by atoms with E-state index in [0.717, 1.165) is 30.1 Å². The molecule has 3 rings (SSSR count). The maximum atomic E-state index is 12.1. The van der Waals surface area contributed by atoms with Crippen LogP contribution in [0.5, 0.6) is 0 Å². The predicted molar refractivity (Wildman–Crippen MR) is 101 cm³/mol. The monoisotopic (exact) mass is 354 g/mol. The van der Waals surface area contributed by atoms with Gasteiger partial charge >= 0.3 is 0 Å². The van der Waals surface area contributed by atoms with Crippen LogP contribution < -0.4 is 10.6 Å². The van der Waals surface area contributed by atoms with E-state index in [4.69, 9.17) is 5.26 Å². The van der Waals surface area contributed by atoms with Crippen molar-refractivity contribution in [3.8, 4) is 6.07 Å². The van der Waals surface area contributed by atoms with E-state index < -0.39 is 0 Å². The number of amides is 1. The van der Waals surface area contributed by atoms with Gasteiger partial charge in [-0.1, -0.05) is 19.8 Å². The van der Waals surface area contributed by atoms with Crippen LogP contribution in [-0.4, -0.2) is 17.4 Å². The minimum Gasteiger partial charge on any atom is -0.376 e. The van der Waals surface area contributed by atoms with Crippen molar-refractivity contribution in [3.63, 3.8) is 0 Å². The number of fused-ring (bicyclic) bond motifs is 1. The number of hydrogen-bond donors (Lipinski definition) is 2. The van der Waals surface area contributed by atoms with Gasteiger partial charge in [-0.25, -0.2) is 4.98 Å². The van der Waals surface area contributed by atoms with Gasteiger partial charge in [-0.3, -0.25) is 4.79 Å². The van der Waals surface area contributed by atoms with E-state index in [1.807, 2.05) is 0 Å². The highest BCUT2D eigenvalue weighted by Crippen LogP contribution is 2.33. The van der Waals surface area contributed by atoms with E-state index in [1.54, 1.807) is 35.6 Å². The van der Waals surface area contributed by atoms with Crippen molar-refractivity contribution < 1.29 is 4.79 Å². The van der Waals surface area contributed by atoms with Gasteiger partial charge in [0.1, 0.15) is 0 Å². The number of aryl methyl sites for hydroxylation is 1. The van der Waals surface area contributed by atoms with Crippen LogP contribution in [0.4, 0.5) is 10.8 Å². The Bertz CT molecular complexity index is 776. The molecule has 5 nitrogen and oxygen atoms in total. The number of nitrogens with zero attached hydrogens (tertiary/aromatic N) is 2. The third-order valence-corrected chi connectivity index (χ3v) is 5.49. The molecule has 0 radical (unpaired) electrons. The van der Waals surface area contributed by atoms with E-state index in [0.29, 0.717) is 10.7 Å². The molecule has 1 aromatic heterocycles. The van der Waals surface area contributed by atoms with Crippen LogP contribution in [0, 0.1) is 17.2 Å². The summed E-state index contributed by atoms with van der Waals surface area (Å²) in [7, 11) is 0. The number of nitriles is 1. The summed E-state index contributed by atoms with van der Waals surface area (Å²) in [5.74, 6) is 0.653. The van der Waals surface area contributed by atoms with Crippen LogP contribution in [-0.2, 0) is 17.6 Å². The molecule has 1 aliphatic rings. The normalized spacial score (nSPS) is 15.9. The van der Waals surface area contributed by atoms with Crippen LogP contribution in [0.1, 0.15) is 42.3 Å². The van der Waals surface area contributed by atoms with Gasteiger partial charge in [0.15, 0.2) is 5.13 Å². The summed E-state index contributed by atoms with van der Waals surface area (Å²) in [5, 5.41) is 15.4. The molecule has 0 saturated heterocycles. The number of benzene rings is 1. The van der Waals surface area contributed by atoms with Crippen LogP contribution in [0.2, 0.25) is 0 Å². The quantitative estimate of drug-likeness (QED) is 0.823. The molecule has 0 bridgehead atoms. The molecule has 1 aliphatic carbocycles. The molecule has 130 valence electrons. The number of rotatable bonds is 6. The largest absolute Gasteiger partial charge is 0.376 e. The molecule has 0 spiro atoms. The Hall–Kier alpha value is -2.39. The van der Waals surface area contributed by atoms with E-state index in [2.05, 4.69) is 28.6 Å². The van der Waals surface area contributed by atoms with Gasteiger partial charge in [-0.05, 0) is 49.4 Å². The fraction of sp³-hybridized carbons (Fsp3) is 0.421. The van der Waals surface area contributed by atoms with Crippen molar-refractivity contribution in [3.05, 3.63) is 40.4 Å². The minimum absolute atomic E-state index is 0.111. The molecule has 2 N–H and O–H groups in total. The summed E-state index contributed by atoms with van der Waals surface area (Å²) >= 11 is 1.61. The Balaban J connectivity index is 1.52. The highest BCUT2D eigenvalue weighted by atomic mass is 32.1. The molecule has 1 amide bonds. The summed E-state index contributed by atoms with van der Waals surface area (Å²) in [6, 6.07) is 9.11. The lowest BCUT2D eigenvalue weighted by atomic mass is 9.88. The molecule has 1 heterocycles. The molecule has 1 aromatic carbocycles. The van der Waals surface area contributed by atoms with Gasteiger partial charge in [-0.15, -0.1) is 11.3 Å². The summed E-state index contributed by atoms with van der Waals surface area (Å²) in [6.45, 7) is 2.41. The van der Waals surface area contributed by atoms with Crippen molar-refractivity contribution in [1.82, 2.24) is 4.98 Å². The minimum atomic E-state index is -0.111. The second kappa shape index (κ2) is 8.13. The third-order valence-electron chi connectivity index (χ3n) is 4.45. The van der Waals surface area contributed by atoms with Gasteiger partial charge in [0, 0.05) is 10.6 Å². The number of carbonyl (C=O) groups is 1. The first-order valence-electron chi connectivity index (χ1n) is 8.70. The fourth-order valence-electron chi connectivity index (χ4n) is 3.16. The Morgan fingerprint density at radius 1 is 1.40 bits per heavy atom. The van der Waals surface area contributed by atoms with E-state index in [9.17, 15) is 4.79 Å². The van der Waals surface area contributed by atoms with Gasteiger partial charge in [0.2, 0.25) is 5.91 Å². The Morgan fingerprint density at radius 2 is 2.20 bits per heavy atom. The number of aromatic nitrogens is 1. The number of hydrogen-bond acceptors (Lipinski definition) is 5. The highest BCUT2D eigenvalue weighted by Gasteiger charge is 2.22. The zero-order valence-electron chi connectivity index (χ0n) is 14.3. The Morgan fingerprint density at radius 3 is 2.92 bits per heavy atom. The second-order valence-corrected chi connectivity index (χ2v) is 7.46. The number of anilines is 2. The van der Waals surface area contributed by atoms with Crippen LogP contribution in [0.25, 0.3) is 0 Å². The van der Waals surface area contributed by atoms with E-state index in [-0.39, 0.29) is 12.5 Å². The third kappa shape index (κ3) is 4.58. The standard InChI is InChI=1S/C19H22N4OS/c1-2-3-13-6-9-16-17(10-13)25-19(22-16)23-18(24)12-21-15-7-4-14(11-20)5-8-15/h4-5,7-8,13,21H,2-3,6,9-10,12H2,1H3,(H,22,23,24). The first kappa shape index (κ1) is 17.4. The highest BCUT2D eigenvalue weighted by molar-refractivity contribution is 7.15. The molecule has 0 fully saturated rings. The topological polar surface area (TPSA) is 77.8 Å². The van der Waals surface area contributed by atoms with Crippen molar-refractivity contribution in [2.75, 3.05) is 17.2 Å². The lowest BCUT2D eigenvalue weighted by Crippen LogP contribution is -2.21. The van der Waals surface area contributed by atoms with Crippen molar-refractivity contribution >= 4 is 28.1 Å². The van der Waals surface area contributed by atoms with Crippen LogP contribution >= 0.6 is 11.3 Å². The number of nitrogens with one attached hydrogen (secondary N) is 2. The molecular formula is C19H22N4OS. The molecule has 1 atom stereocenters. The molecule has 0 saturated carbocycles. The SMILES string of the molecule is CCCC1CCc2nc(NC(=O)CNc3ccc(C#N)cc3)sc2C1. The van der Waals surface area contributed by atoms with Gasteiger partial charge in [-0.2, -0.15) is 5.26 Å². The summed E-state index contributed by atoms with van der Waals surface area (Å²) in [5.41, 5.74) is 2.58. The molecule has 2 aromatic rings. The number of thiazole rings is 1. The smallest absolute Gasteiger partial charge is 0.245 e. The average Bonchev–Trinajstić information content (AvgIpc) is 3.02. The average molecular weight is 354 g/mol. The van der Waals surface area contributed by atoms with E-state index in [1.165, 1.54) is 24.1 Å². The molecule has 0 aliphatic heterocycles. The number of carbonyl (C=O) groups excluding carboxylic acids is 1. The Kier molecular flexibility index (Phi) is 5.67. The fourth-order valence-corrected chi connectivity index (χ4v) is 4.30. The predicted octanol–water partition coefficient (Wildman–Crippen LogP) is 3.97. The zero-order chi connectivity index (χ0) is 17.6. The van der Waals surface area contributed by atoms with Crippen molar-refractivity contribution in [2.45, 2.75) is 39.0 Å². The first-order chi connectivity index (χ1) is 12.2. The van der Waals surface area contributed by atoms with Crippen LogP contribution in [0.15, 0.2) is 24.3 Å². The first-order valence-corrected chi connectivity index (χ1v) is 9.52. The maximum Gasteiger partial charge on any atom is 0.245 e. The van der Waals surface area contributed by atoms with Crippen LogP contribution in [0.3, 0.4) is 0 Å². The summed E-state index contributed by atoms with van der Waals surface area (Å²) in [4.78, 5) is 18.0. The van der Waals surface area contributed by atoms with Gasteiger partial charge < -0.3 is 10.6 Å². The second-order valence-electron chi connectivity index (χ2n) is 6.38. The summed E-state index contributed by atoms with van der Waals surface area (Å²) < 4.78 is 0.